The van der Waals surface area contributed by atoms with Crippen LogP contribution in [0.2, 0.25) is 0 Å². The maximum atomic E-state index is 4.04. The standard InChI is InChI=1S/C5H9N3S/c1-3-8-4-6-5(2)7-9-8/h4H,3H2,1-2H3. The summed E-state index contributed by atoms with van der Waals surface area (Å²) in [5, 5.41) is 0. The van der Waals surface area contributed by atoms with Crippen molar-refractivity contribution in [3.63, 3.8) is 0 Å². The van der Waals surface area contributed by atoms with E-state index in [-0.39, 0.29) is 0 Å². The van der Waals surface area contributed by atoms with Crippen molar-refractivity contribution in [3.8, 4) is 0 Å². The molecule has 0 spiro atoms. The molecule has 0 aliphatic carbocycles. The molecule has 0 radical (unpaired) electrons. The van der Waals surface area contributed by atoms with Gasteiger partial charge in [0.25, 0.3) is 0 Å². The summed E-state index contributed by atoms with van der Waals surface area (Å²) in [6.45, 7) is 4.90. The van der Waals surface area contributed by atoms with Gasteiger partial charge in [0.05, 0.1) is 12.1 Å². The van der Waals surface area contributed by atoms with Gasteiger partial charge in [-0.15, -0.1) is 0 Å². The van der Waals surface area contributed by atoms with Crippen molar-refractivity contribution in [1.29, 1.82) is 0 Å². The Bertz CT molecular complexity index is 152. The molecule has 1 aliphatic rings. The van der Waals surface area contributed by atoms with E-state index in [4.69, 9.17) is 0 Å². The molecule has 1 rings (SSSR count). The van der Waals surface area contributed by atoms with E-state index in [0.29, 0.717) is 0 Å². The zero-order chi connectivity index (χ0) is 6.69. The molecule has 50 valence electrons. The fraction of sp³-hybridized carbons (Fsp3) is 0.600. The third-order valence-electron chi connectivity index (χ3n) is 0.963. The van der Waals surface area contributed by atoms with E-state index in [2.05, 4.69) is 16.3 Å². The SMILES string of the molecule is CCN1C=NC(C)=NS1. The largest absolute Gasteiger partial charge is 0.288 e. The van der Waals surface area contributed by atoms with Crippen LogP contribution in [0.15, 0.2) is 9.39 Å². The Morgan fingerprint density at radius 2 is 2.56 bits per heavy atom. The van der Waals surface area contributed by atoms with Crippen molar-refractivity contribution in [2.24, 2.45) is 9.39 Å². The van der Waals surface area contributed by atoms with Crippen molar-refractivity contribution in [2.75, 3.05) is 6.54 Å². The predicted molar refractivity (Wildman–Crippen MR) is 41.6 cm³/mol. The minimum Gasteiger partial charge on any atom is -0.288 e. The second kappa shape index (κ2) is 2.87. The van der Waals surface area contributed by atoms with E-state index < -0.39 is 0 Å². The highest BCUT2D eigenvalue weighted by atomic mass is 32.2. The Kier molecular flexibility index (Phi) is 2.10. The molecule has 0 aromatic rings. The Hall–Kier alpha value is -0.510. The second-order valence-electron chi connectivity index (χ2n) is 1.70. The second-order valence-corrected chi connectivity index (χ2v) is 2.51. The fourth-order valence-corrected chi connectivity index (χ4v) is 0.918. The first kappa shape index (κ1) is 6.61. The molecule has 3 nitrogen and oxygen atoms in total. The average molecular weight is 143 g/mol. The molecular formula is C5H9N3S. The van der Waals surface area contributed by atoms with Crippen molar-refractivity contribution in [2.45, 2.75) is 13.8 Å². The highest BCUT2D eigenvalue weighted by molar-refractivity contribution is 7.96. The highest BCUT2D eigenvalue weighted by Gasteiger charge is 2.00. The van der Waals surface area contributed by atoms with Gasteiger partial charge >= 0.3 is 0 Å². The molecule has 1 heterocycles. The topological polar surface area (TPSA) is 28.0 Å². The summed E-state index contributed by atoms with van der Waals surface area (Å²) < 4.78 is 6.01. The summed E-state index contributed by atoms with van der Waals surface area (Å²) in [4.78, 5) is 4.01. The number of hydrogen-bond donors (Lipinski definition) is 0. The van der Waals surface area contributed by atoms with E-state index in [1.807, 2.05) is 11.2 Å². The lowest BCUT2D eigenvalue weighted by Crippen LogP contribution is -2.15. The summed E-state index contributed by atoms with van der Waals surface area (Å²) in [5.74, 6) is 0.838. The van der Waals surface area contributed by atoms with E-state index in [1.165, 1.54) is 12.1 Å². The Balaban J connectivity index is 2.48. The van der Waals surface area contributed by atoms with Gasteiger partial charge in [0.1, 0.15) is 12.2 Å². The number of hydrogen-bond acceptors (Lipinski definition) is 4. The Labute approximate surface area is 59.1 Å². The van der Waals surface area contributed by atoms with E-state index in [9.17, 15) is 0 Å². The van der Waals surface area contributed by atoms with Crippen LogP contribution in [0.4, 0.5) is 0 Å². The van der Waals surface area contributed by atoms with E-state index in [1.54, 1.807) is 6.34 Å². The van der Waals surface area contributed by atoms with Gasteiger partial charge in [-0.1, -0.05) is 0 Å². The van der Waals surface area contributed by atoms with E-state index in [0.717, 1.165) is 12.4 Å². The molecule has 0 N–H and O–H groups in total. The lowest BCUT2D eigenvalue weighted by Gasteiger charge is -2.14. The predicted octanol–water partition coefficient (Wildman–Crippen LogP) is 1.33. The van der Waals surface area contributed by atoms with Gasteiger partial charge in [0, 0.05) is 6.54 Å². The van der Waals surface area contributed by atoms with Crippen LogP contribution >= 0.6 is 12.1 Å². The van der Waals surface area contributed by atoms with Crippen LogP contribution in [0.25, 0.3) is 0 Å². The number of nitrogens with zero attached hydrogens (tertiary/aromatic N) is 3. The quantitative estimate of drug-likeness (QED) is 0.518. The first-order valence-electron chi connectivity index (χ1n) is 2.85. The zero-order valence-electron chi connectivity index (χ0n) is 5.53. The van der Waals surface area contributed by atoms with Gasteiger partial charge in [-0.2, -0.15) is 4.40 Å². The molecule has 0 bridgehead atoms. The van der Waals surface area contributed by atoms with Crippen LogP contribution in [-0.2, 0) is 0 Å². The zero-order valence-corrected chi connectivity index (χ0v) is 6.35. The Morgan fingerprint density at radius 3 is 3.00 bits per heavy atom. The monoisotopic (exact) mass is 143 g/mol. The maximum Gasteiger partial charge on any atom is 0.137 e. The summed E-state index contributed by atoms with van der Waals surface area (Å²) in [6, 6.07) is 0. The van der Waals surface area contributed by atoms with Gasteiger partial charge in [-0.25, -0.2) is 4.99 Å². The van der Waals surface area contributed by atoms with Gasteiger partial charge in [0.2, 0.25) is 0 Å². The normalized spacial score (nSPS) is 18.0. The molecule has 0 unspecified atom stereocenters. The summed E-state index contributed by atoms with van der Waals surface area (Å²) in [5.41, 5.74) is 0. The van der Waals surface area contributed by atoms with Gasteiger partial charge < -0.3 is 0 Å². The lowest BCUT2D eigenvalue weighted by molar-refractivity contribution is 0.732. The van der Waals surface area contributed by atoms with Crippen LogP contribution in [0, 0.1) is 0 Å². The number of aliphatic imine (C=N–C) groups is 1. The molecule has 4 heteroatoms. The molecule has 0 aromatic carbocycles. The molecule has 1 aliphatic heterocycles. The summed E-state index contributed by atoms with van der Waals surface area (Å²) in [6.07, 6.45) is 1.80. The molecule has 0 amide bonds. The van der Waals surface area contributed by atoms with E-state index >= 15 is 0 Å². The van der Waals surface area contributed by atoms with Gasteiger partial charge in [0.15, 0.2) is 0 Å². The van der Waals surface area contributed by atoms with Crippen LogP contribution in [-0.4, -0.2) is 23.0 Å². The highest BCUT2D eigenvalue weighted by Crippen LogP contribution is 2.12. The van der Waals surface area contributed by atoms with Gasteiger partial charge in [-0.3, -0.25) is 4.31 Å². The lowest BCUT2D eigenvalue weighted by atomic mass is 10.7. The Morgan fingerprint density at radius 1 is 1.78 bits per heavy atom. The van der Waals surface area contributed by atoms with Crippen LogP contribution in [0.5, 0.6) is 0 Å². The molecule has 0 saturated carbocycles. The fourth-order valence-electron chi connectivity index (χ4n) is 0.444. The maximum absolute atomic E-state index is 4.04. The van der Waals surface area contributed by atoms with Crippen molar-refractivity contribution in [1.82, 2.24) is 4.31 Å². The van der Waals surface area contributed by atoms with Crippen molar-refractivity contribution in [3.05, 3.63) is 0 Å². The minimum absolute atomic E-state index is 0.838. The smallest absolute Gasteiger partial charge is 0.137 e. The summed E-state index contributed by atoms with van der Waals surface area (Å²) in [7, 11) is 0. The van der Waals surface area contributed by atoms with Crippen molar-refractivity contribution >= 4 is 24.3 Å². The molecule has 0 saturated heterocycles. The van der Waals surface area contributed by atoms with Crippen LogP contribution in [0.3, 0.4) is 0 Å². The first-order chi connectivity index (χ1) is 4.33. The van der Waals surface area contributed by atoms with Crippen LogP contribution in [0.1, 0.15) is 13.8 Å². The summed E-state index contributed by atoms with van der Waals surface area (Å²) >= 11 is 1.44. The third kappa shape index (κ3) is 1.71. The minimum atomic E-state index is 0.838. The molecule has 9 heavy (non-hydrogen) atoms. The van der Waals surface area contributed by atoms with Crippen LogP contribution < -0.4 is 0 Å². The first-order valence-corrected chi connectivity index (χ1v) is 3.58. The molecular weight excluding hydrogens is 134 g/mol. The van der Waals surface area contributed by atoms with Crippen molar-refractivity contribution < 1.29 is 0 Å². The number of amidine groups is 1. The number of rotatable bonds is 1. The average Bonchev–Trinajstić information content (AvgIpc) is 1.90. The molecule has 0 aromatic heterocycles. The molecule has 0 fully saturated rings. The third-order valence-corrected chi connectivity index (χ3v) is 1.87. The van der Waals surface area contributed by atoms with Gasteiger partial charge in [-0.05, 0) is 13.8 Å². The molecule has 0 atom stereocenters.